The average molecular weight is 383 g/mol. The van der Waals surface area contributed by atoms with Gasteiger partial charge in [0.25, 0.3) is 11.8 Å². The molecule has 0 aliphatic rings. The SMILES string of the molecule is CN(C)S(=O)(=O)c1cccc(C(=O)NNC(=O)c2cc(F)cc(F)c2)c1. The molecule has 2 rings (SSSR count). The fourth-order valence-corrected chi connectivity index (χ4v) is 2.90. The summed E-state index contributed by atoms with van der Waals surface area (Å²) in [6, 6.07) is 7.38. The van der Waals surface area contributed by atoms with Crippen molar-refractivity contribution in [3.05, 3.63) is 65.2 Å². The van der Waals surface area contributed by atoms with Gasteiger partial charge >= 0.3 is 0 Å². The number of hydrogen-bond acceptors (Lipinski definition) is 4. The molecule has 2 aromatic carbocycles. The largest absolute Gasteiger partial charge is 0.269 e. The fraction of sp³-hybridized carbons (Fsp3) is 0.125. The number of nitrogens with one attached hydrogen (secondary N) is 2. The predicted octanol–water partition coefficient (Wildman–Crippen LogP) is 1.29. The number of rotatable bonds is 4. The lowest BCUT2D eigenvalue weighted by Gasteiger charge is -2.12. The van der Waals surface area contributed by atoms with E-state index in [9.17, 15) is 26.8 Å². The Bertz CT molecular complexity index is 941. The maximum absolute atomic E-state index is 13.1. The first kappa shape index (κ1) is 19.5. The van der Waals surface area contributed by atoms with E-state index in [0.29, 0.717) is 6.07 Å². The van der Waals surface area contributed by atoms with Crippen LogP contribution in [0.15, 0.2) is 47.4 Å². The topological polar surface area (TPSA) is 95.6 Å². The average Bonchev–Trinajstić information content (AvgIpc) is 2.58. The van der Waals surface area contributed by atoms with Gasteiger partial charge in [-0.05, 0) is 30.3 Å². The standard InChI is InChI=1S/C16H15F2N3O4S/c1-21(2)26(24,25)14-5-3-4-10(8-14)15(22)19-20-16(23)11-6-12(17)9-13(18)7-11/h3-9H,1-2H3,(H,19,22)(H,20,23). The smallest absolute Gasteiger partial charge is 0.267 e. The highest BCUT2D eigenvalue weighted by Crippen LogP contribution is 2.14. The van der Waals surface area contributed by atoms with Crippen molar-refractivity contribution < 1.29 is 26.8 Å². The van der Waals surface area contributed by atoms with Gasteiger partial charge in [0.1, 0.15) is 11.6 Å². The molecule has 0 fully saturated rings. The summed E-state index contributed by atoms with van der Waals surface area (Å²) in [6.45, 7) is 0. The van der Waals surface area contributed by atoms with Crippen LogP contribution in [0.2, 0.25) is 0 Å². The lowest BCUT2D eigenvalue weighted by atomic mass is 10.2. The molecule has 0 spiro atoms. The Morgan fingerprint density at radius 1 is 0.885 bits per heavy atom. The minimum absolute atomic E-state index is 0.0290. The number of hydrogen-bond donors (Lipinski definition) is 2. The summed E-state index contributed by atoms with van der Waals surface area (Å²) in [5.41, 5.74) is 3.70. The Kier molecular flexibility index (Phi) is 5.68. The van der Waals surface area contributed by atoms with Crippen LogP contribution in [0.5, 0.6) is 0 Å². The summed E-state index contributed by atoms with van der Waals surface area (Å²) in [5, 5.41) is 0. The minimum Gasteiger partial charge on any atom is -0.267 e. The monoisotopic (exact) mass is 383 g/mol. The molecule has 0 saturated carbocycles. The highest BCUT2D eigenvalue weighted by molar-refractivity contribution is 7.89. The molecule has 0 aromatic heterocycles. The van der Waals surface area contributed by atoms with E-state index in [1.165, 1.54) is 32.3 Å². The summed E-state index contributed by atoms with van der Waals surface area (Å²) in [5.74, 6) is -3.62. The van der Waals surface area contributed by atoms with Gasteiger partial charge in [0.05, 0.1) is 4.90 Å². The Labute approximate surface area is 148 Å². The van der Waals surface area contributed by atoms with Crippen molar-refractivity contribution in [3.8, 4) is 0 Å². The zero-order chi connectivity index (χ0) is 19.5. The molecule has 138 valence electrons. The Balaban J connectivity index is 2.12. The van der Waals surface area contributed by atoms with Gasteiger partial charge in [-0.2, -0.15) is 0 Å². The highest BCUT2D eigenvalue weighted by atomic mass is 32.2. The zero-order valence-electron chi connectivity index (χ0n) is 13.8. The van der Waals surface area contributed by atoms with Crippen LogP contribution < -0.4 is 10.9 Å². The molecule has 0 heterocycles. The van der Waals surface area contributed by atoms with Crippen molar-refractivity contribution >= 4 is 21.8 Å². The van der Waals surface area contributed by atoms with Crippen LogP contribution in [-0.4, -0.2) is 38.6 Å². The quantitative estimate of drug-likeness (QED) is 0.778. The van der Waals surface area contributed by atoms with Crippen molar-refractivity contribution in [2.75, 3.05) is 14.1 Å². The lowest BCUT2D eigenvalue weighted by Crippen LogP contribution is -2.41. The first-order chi connectivity index (χ1) is 12.1. The molecule has 0 unspecified atom stereocenters. The van der Waals surface area contributed by atoms with Gasteiger partial charge in [-0.3, -0.25) is 20.4 Å². The molecule has 0 atom stereocenters. The van der Waals surface area contributed by atoms with Gasteiger partial charge < -0.3 is 0 Å². The zero-order valence-corrected chi connectivity index (χ0v) is 14.6. The van der Waals surface area contributed by atoms with E-state index in [2.05, 4.69) is 5.43 Å². The maximum atomic E-state index is 13.1. The molecule has 0 bridgehead atoms. The van der Waals surface area contributed by atoms with Crippen molar-refractivity contribution in [1.82, 2.24) is 15.2 Å². The third-order valence-corrected chi connectivity index (χ3v) is 5.10. The summed E-state index contributed by atoms with van der Waals surface area (Å²) >= 11 is 0. The van der Waals surface area contributed by atoms with E-state index in [1.54, 1.807) is 0 Å². The number of carbonyl (C=O) groups is 2. The molecule has 0 radical (unpaired) electrons. The molecule has 7 nitrogen and oxygen atoms in total. The second-order valence-corrected chi connectivity index (χ2v) is 7.53. The van der Waals surface area contributed by atoms with Gasteiger partial charge in [-0.25, -0.2) is 21.5 Å². The van der Waals surface area contributed by atoms with E-state index < -0.39 is 33.5 Å². The van der Waals surface area contributed by atoms with Gasteiger partial charge in [-0.15, -0.1) is 0 Å². The third kappa shape index (κ3) is 4.41. The van der Waals surface area contributed by atoms with Crippen LogP contribution in [0, 0.1) is 11.6 Å². The summed E-state index contributed by atoms with van der Waals surface area (Å²) in [6.07, 6.45) is 0. The highest BCUT2D eigenvalue weighted by Gasteiger charge is 2.19. The van der Waals surface area contributed by atoms with Crippen LogP contribution in [0.25, 0.3) is 0 Å². The Morgan fingerprint density at radius 2 is 1.42 bits per heavy atom. The maximum Gasteiger partial charge on any atom is 0.269 e. The van der Waals surface area contributed by atoms with E-state index in [0.717, 1.165) is 22.5 Å². The van der Waals surface area contributed by atoms with Crippen LogP contribution in [0.3, 0.4) is 0 Å². The summed E-state index contributed by atoms with van der Waals surface area (Å²) in [7, 11) is -1.04. The van der Waals surface area contributed by atoms with Crippen LogP contribution in [0.1, 0.15) is 20.7 Å². The van der Waals surface area contributed by atoms with E-state index in [1.807, 2.05) is 5.43 Å². The third-order valence-electron chi connectivity index (χ3n) is 3.29. The number of hydrazine groups is 1. The molecule has 2 amide bonds. The van der Waals surface area contributed by atoms with Crippen molar-refractivity contribution in [2.45, 2.75) is 4.90 Å². The molecule has 26 heavy (non-hydrogen) atoms. The van der Waals surface area contributed by atoms with E-state index in [-0.39, 0.29) is 16.0 Å². The number of benzene rings is 2. The lowest BCUT2D eigenvalue weighted by molar-refractivity contribution is 0.0846. The van der Waals surface area contributed by atoms with Crippen LogP contribution in [0.4, 0.5) is 8.78 Å². The molecule has 0 saturated heterocycles. The Morgan fingerprint density at radius 3 is 1.96 bits per heavy atom. The predicted molar refractivity (Wildman–Crippen MR) is 88.6 cm³/mol. The number of carbonyl (C=O) groups excluding carboxylic acids is 2. The van der Waals surface area contributed by atoms with Gasteiger partial charge in [0, 0.05) is 31.3 Å². The summed E-state index contributed by atoms with van der Waals surface area (Å²) < 4.78 is 51.4. The molecule has 10 heteroatoms. The van der Waals surface area contributed by atoms with Gasteiger partial charge in [0.2, 0.25) is 10.0 Å². The molecule has 2 aromatic rings. The Hall–Kier alpha value is -2.85. The second-order valence-electron chi connectivity index (χ2n) is 5.38. The number of nitrogens with zero attached hydrogens (tertiary/aromatic N) is 1. The van der Waals surface area contributed by atoms with Crippen molar-refractivity contribution in [2.24, 2.45) is 0 Å². The molecule has 0 aliphatic heterocycles. The molecule has 2 N–H and O–H groups in total. The van der Waals surface area contributed by atoms with Crippen molar-refractivity contribution in [1.29, 1.82) is 0 Å². The van der Waals surface area contributed by atoms with Crippen LogP contribution >= 0.6 is 0 Å². The minimum atomic E-state index is -3.73. The number of amides is 2. The molecule has 0 aliphatic carbocycles. The fourth-order valence-electron chi connectivity index (χ4n) is 1.95. The number of sulfonamides is 1. The van der Waals surface area contributed by atoms with Gasteiger partial charge in [0.15, 0.2) is 0 Å². The normalized spacial score (nSPS) is 11.3. The van der Waals surface area contributed by atoms with E-state index in [4.69, 9.17) is 0 Å². The van der Waals surface area contributed by atoms with Gasteiger partial charge in [-0.1, -0.05) is 6.07 Å². The summed E-state index contributed by atoms with van der Waals surface area (Å²) in [4.78, 5) is 23.8. The molecular weight excluding hydrogens is 368 g/mol. The first-order valence-corrected chi connectivity index (χ1v) is 8.64. The van der Waals surface area contributed by atoms with Crippen molar-refractivity contribution in [3.63, 3.8) is 0 Å². The number of halogens is 2. The molecular formula is C16H15F2N3O4S. The first-order valence-electron chi connectivity index (χ1n) is 7.20. The van der Waals surface area contributed by atoms with Crippen LogP contribution in [-0.2, 0) is 10.0 Å². The second kappa shape index (κ2) is 7.58. The van der Waals surface area contributed by atoms with E-state index >= 15 is 0 Å².